The normalized spacial score (nSPS) is 22.2. The van der Waals surface area contributed by atoms with E-state index in [2.05, 4.69) is 117 Å². The summed E-state index contributed by atoms with van der Waals surface area (Å²) in [7, 11) is -4.33. The number of halogens is 6. The lowest BCUT2D eigenvalue weighted by Crippen LogP contribution is -2.63. The average molecular weight is 1820 g/mol. The number of Topliss-reactive ketones (excluding diaryl/α,β-unsaturated/α-hetero) is 3. The van der Waals surface area contributed by atoms with Crippen LogP contribution in [0.5, 0.6) is 11.5 Å². The fraction of sp³-hybridized carbons (Fsp3) is 0.330. The zero-order chi connectivity index (χ0) is 92.5. The maximum absolute atomic E-state index is 15.9. The number of hydrogen-bond donors (Lipinski definition) is 1. The number of hydrogen-bond acceptors (Lipinski definition) is 18. The summed E-state index contributed by atoms with van der Waals surface area (Å²) in [6, 6.07) is 48.0. The average Bonchev–Trinajstić information content (AvgIpc) is 1.45. The Morgan fingerprint density at radius 1 is 0.417 bits per heavy atom. The van der Waals surface area contributed by atoms with E-state index in [-0.39, 0.29) is 146 Å². The van der Waals surface area contributed by atoms with Crippen LogP contribution >= 0.6 is 0 Å². The maximum Gasteiger partial charge on any atom is 0.282 e. The van der Waals surface area contributed by atoms with Gasteiger partial charge < -0.3 is 44.3 Å². The third-order valence-electron chi connectivity index (χ3n) is 28.5. The number of fused-ring (bicyclic) bond motifs is 18. The van der Waals surface area contributed by atoms with E-state index < -0.39 is 87.3 Å². The van der Waals surface area contributed by atoms with Gasteiger partial charge >= 0.3 is 0 Å². The molecule has 2 N–H and O–H groups in total. The van der Waals surface area contributed by atoms with Gasteiger partial charge in [0.2, 0.25) is 0 Å². The number of ketones is 3. The van der Waals surface area contributed by atoms with Crippen LogP contribution in [-0.4, -0.2) is 173 Å². The number of nitrogen functional groups attached to an aromatic ring is 1. The van der Waals surface area contributed by atoms with Crippen LogP contribution in [0.1, 0.15) is 156 Å². The number of anilines is 5. The van der Waals surface area contributed by atoms with Gasteiger partial charge in [-0.15, -0.1) is 0 Å². The third kappa shape index (κ3) is 14.5. The van der Waals surface area contributed by atoms with Crippen molar-refractivity contribution in [3.63, 3.8) is 0 Å². The van der Waals surface area contributed by atoms with Crippen molar-refractivity contribution < 1.29 is 88.4 Å². The van der Waals surface area contributed by atoms with Crippen molar-refractivity contribution in [3.05, 3.63) is 289 Å². The highest BCUT2D eigenvalue weighted by Gasteiger charge is 2.58. The molecule has 6 amide bonds. The molecule has 132 heavy (non-hydrogen) atoms. The predicted molar refractivity (Wildman–Crippen MR) is 490 cm³/mol. The standard InChI is InChI=1S/C37H38FN3O4Si.C35H28F5N3O5.C31H30N2O4Si/c1-23-18-39(19-23)27-8-10-29-33(16-27)46(2,3)34-17-28(40-20-26(38)21-40)9-11-30(34)37(29)31-15-24(6-7-25(31)22-45-37)32(42)5-4-14-41-35(43)12-13-36(41)44;1-33(38)15-41(16-33)26-12-29-22(10-24(26)36)35(23-11-25(37)27(13-30(23)48-29)42-17-34(39,40)18-42)21-9-19(4-5-20(21)14-47-35)28(44)3-2-8-43-31(45)6-7-32(43)46;1-19-6-10-23-27(15-19)38(2,3)28-17-22(32)9-11-24(28)31(23)25-16-20(7-8-21(25)18-37-31)26(34)5-4-14-33-29(35)12-13-30(33)36/h6-13,15-17,23,26H,4-5,14,18-22H2,1-3H3;4-7,9-13H,2-3,8,14-18H2,1H3;6-13,15-17H,4-5,14,18,32H2,1-3H3. The Morgan fingerprint density at radius 3 is 1.14 bits per heavy atom. The molecule has 4 saturated heterocycles. The van der Waals surface area contributed by atoms with Gasteiger partial charge in [-0.1, -0.05) is 111 Å². The predicted octanol–water partition coefficient (Wildman–Crippen LogP) is 13.4. The van der Waals surface area contributed by atoms with Gasteiger partial charge in [0, 0.05) is 145 Å². The van der Waals surface area contributed by atoms with Gasteiger partial charge in [0.1, 0.15) is 62.3 Å². The highest BCUT2D eigenvalue weighted by molar-refractivity contribution is 7.02. The molecule has 13 heterocycles. The first-order chi connectivity index (χ1) is 62.9. The molecule has 13 aliphatic heterocycles. The number of imide groups is 3. The Kier molecular flexibility index (Phi) is 21.2. The molecular weight excluding hydrogens is 1730 g/mol. The topological polar surface area (TPSA) is 239 Å². The molecule has 9 aromatic carbocycles. The van der Waals surface area contributed by atoms with Gasteiger partial charge in [0.05, 0.1) is 70.5 Å². The Hall–Kier alpha value is -12.7. The van der Waals surface area contributed by atoms with E-state index in [1.807, 2.05) is 42.5 Å². The zero-order valence-corrected chi connectivity index (χ0v) is 76.0. The number of nitrogens with two attached hydrogens (primary N) is 1. The summed E-state index contributed by atoms with van der Waals surface area (Å²) in [5.74, 6) is -6.04. The summed E-state index contributed by atoms with van der Waals surface area (Å²) in [4.78, 5) is 122. The summed E-state index contributed by atoms with van der Waals surface area (Å²) in [6.45, 7) is 18.3. The molecule has 0 aromatic heterocycles. The van der Waals surface area contributed by atoms with Crippen molar-refractivity contribution in [2.24, 2.45) is 5.92 Å². The molecule has 0 saturated carbocycles. The van der Waals surface area contributed by atoms with E-state index in [1.54, 1.807) is 18.2 Å². The fourth-order valence-electron chi connectivity index (χ4n) is 21.6. The van der Waals surface area contributed by atoms with E-state index in [4.69, 9.17) is 24.7 Å². The molecule has 3 atom stereocenters. The van der Waals surface area contributed by atoms with E-state index in [1.165, 1.54) is 113 Å². The lowest BCUT2D eigenvalue weighted by Gasteiger charge is -2.46. The minimum absolute atomic E-state index is 0.0137. The third-order valence-corrected chi connectivity index (χ3v) is 35.6. The first-order valence-corrected chi connectivity index (χ1v) is 50.8. The second-order valence-electron chi connectivity index (χ2n) is 38.3. The van der Waals surface area contributed by atoms with Crippen LogP contribution in [0.15, 0.2) is 188 Å². The van der Waals surface area contributed by atoms with E-state index in [9.17, 15) is 60.7 Å². The van der Waals surface area contributed by atoms with Crippen LogP contribution in [0, 0.1) is 24.5 Å². The monoisotopic (exact) mass is 1820 g/mol. The van der Waals surface area contributed by atoms with Crippen molar-refractivity contribution in [1.82, 2.24) is 14.7 Å². The maximum atomic E-state index is 15.9. The SMILES string of the molecule is CC1(F)CN(c2cc3c(cc2F)C2(OCc4ccc(C(=O)CCCN5C(=O)C=CC5=O)cc42)c2cc(F)c(N4CC(F)(F)C4)cc2O3)C1.CC1CN(c2ccc3c(c2)[Si](C)(C)c2cc(N4CC(F)C4)ccc2C32OCc3ccc(C(=O)CCCN4C(=O)C=CC4=O)cc32)C1.Cc1ccc2c(c1)[Si](C)(C)c1cc(N)ccc1C21OCc2ccc(C(=O)CCCN3C(=O)C=CC3=O)cc21. The Labute approximate surface area is 760 Å². The molecule has 3 spiro atoms. The van der Waals surface area contributed by atoms with Crippen LogP contribution in [0.3, 0.4) is 0 Å². The second kappa shape index (κ2) is 32.1. The zero-order valence-electron chi connectivity index (χ0n) is 74.0. The van der Waals surface area contributed by atoms with E-state index in [0.29, 0.717) is 67.3 Å². The van der Waals surface area contributed by atoms with Gasteiger partial charge in [-0.25, -0.2) is 26.3 Å². The number of benzene rings is 9. The van der Waals surface area contributed by atoms with Gasteiger partial charge in [-0.3, -0.25) is 57.9 Å². The molecule has 21 nitrogen and oxygen atoms in total. The molecule has 0 aliphatic carbocycles. The molecule has 13 aliphatic rings. The number of nitrogens with zero attached hydrogens (tertiary/aromatic N) is 7. The molecule has 29 heteroatoms. The van der Waals surface area contributed by atoms with Gasteiger partial charge in [0.25, 0.3) is 41.4 Å². The largest absolute Gasteiger partial charge is 0.456 e. The highest BCUT2D eigenvalue weighted by Crippen LogP contribution is 2.60. The highest BCUT2D eigenvalue weighted by atomic mass is 28.3. The van der Waals surface area contributed by atoms with Crippen molar-refractivity contribution in [2.75, 3.05) is 97.3 Å². The minimum atomic E-state index is -2.96. The molecule has 3 unspecified atom stereocenters. The summed E-state index contributed by atoms with van der Waals surface area (Å²) in [5.41, 5.74) is 17.3. The van der Waals surface area contributed by atoms with Gasteiger partial charge in [-0.05, 0) is 182 Å². The minimum Gasteiger partial charge on any atom is -0.456 e. The van der Waals surface area contributed by atoms with E-state index in [0.717, 1.165) is 79.9 Å². The van der Waals surface area contributed by atoms with Crippen LogP contribution < -0.4 is 50.8 Å². The molecule has 676 valence electrons. The Morgan fingerprint density at radius 2 is 0.765 bits per heavy atom. The number of amides is 6. The van der Waals surface area contributed by atoms with Gasteiger partial charge in [0.15, 0.2) is 23.0 Å². The number of alkyl halides is 4. The van der Waals surface area contributed by atoms with Gasteiger partial charge in [-0.2, -0.15) is 0 Å². The molecule has 0 bridgehead atoms. The molecule has 4 fully saturated rings. The van der Waals surface area contributed by atoms with Crippen LogP contribution in [0.4, 0.5) is 54.8 Å². The summed E-state index contributed by atoms with van der Waals surface area (Å²) >= 11 is 0. The van der Waals surface area contributed by atoms with Crippen molar-refractivity contribution in [1.29, 1.82) is 0 Å². The summed E-state index contributed by atoms with van der Waals surface area (Å²) in [5, 5.41) is 5.20. The lowest BCUT2D eigenvalue weighted by atomic mass is 9.76. The summed E-state index contributed by atoms with van der Waals surface area (Å²) < 4.78 is 114. The molecule has 0 radical (unpaired) electrons. The van der Waals surface area contributed by atoms with E-state index >= 15 is 8.78 Å². The number of ether oxygens (including phenoxy) is 4. The van der Waals surface area contributed by atoms with Crippen LogP contribution in [0.25, 0.3) is 0 Å². The molecular formula is C103H96F6N8O13Si2. The second-order valence-corrected chi connectivity index (χ2v) is 47.0. The van der Waals surface area contributed by atoms with Crippen molar-refractivity contribution in [2.45, 2.75) is 140 Å². The number of aryl methyl sites for hydroxylation is 1. The van der Waals surface area contributed by atoms with Crippen LogP contribution in [-0.2, 0) is 79.6 Å². The molecule has 22 rings (SSSR count). The molecule has 9 aromatic rings. The number of carbonyl (C=O) groups is 9. The number of carbonyl (C=O) groups excluding carboxylic acids is 9. The Balaban J connectivity index is 0.000000124. The fourth-order valence-corrected chi connectivity index (χ4v) is 28.0. The smallest absolute Gasteiger partial charge is 0.282 e. The number of rotatable bonds is 19. The van der Waals surface area contributed by atoms with Crippen molar-refractivity contribution >= 4 is 118 Å². The Bertz CT molecular complexity index is 6360. The van der Waals surface area contributed by atoms with Crippen molar-refractivity contribution in [3.8, 4) is 11.5 Å². The first kappa shape index (κ1) is 87.3. The first-order valence-electron chi connectivity index (χ1n) is 44.8. The summed E-state index contributed by atoms with van der Waals surface area (Å²) in [6.07, 6.45) is 8.15. The quantitative estimate of drug-likeness (QED) is 0.0260. The lowest BCUT2D eigenvalue weighted by molar-refractivity contribution is -0.138. The van der Waals surface area contributed by atoms with Crippen LogP contribution in [0.2, 0.25) is 26.2 Å².